The van der Waals surface area contributed by atoms with Gasteiger partial charge in [-0.1, -0.05) is 18.2 Å². The number of amides is 2. The predicted octanol–water partition coefficient (Wildman–Crippen LogP) is 4.47. The van der Waals surface area contributed by atoms with Crippen LogP contribution in [0.4, 0.5) is 10.1 Å². The molecule has 5 nitrogen and oxygen atoms in total. The molecule has 2 aromatic carbocycles. The molecule has 1 aliphatic carbocycles. The van der Waals surface area contributed by atoms with E-state index in [-0.39, 0.29) is 35.5 Å². The van der Waals surface area contributed by atoms with Crippen LogP contribution in [0.2, 0.25) is 0 Å². The number of likely N-dealkylation sites (tertiary alicyclic amines) is 1. The minimum Gasteiger partial charge on any atom is -0.497 e. The Bertz CT molecular complexity index is 957. The summed E-state index contributed by atoms with van der Waals surface area (Å²) in [7, 11) is 1.58. The van der Waals surface area contributed by atoms with Crippen LogP contribution in [0.1, 0.15) is 42.9 Å². The SMILES string of the molecule is COc1cccc(NC(=O)C2CCC(c3ccc(F)c(C)c3)N(C(=O)C3CC3)C2)c1. The van der Waals surface area contributed by atoms with Crippen LogP contribution < -0.4 is 10.1 Å². The molecule has 2 amide bonds. The number of methoxy groups -OCH3 is 1. The molecule has 158 valence electrons. The number of piperidine rings is 1. The van der Waals surface area contributed by atoms with Crippen LogP contribution in [0.25, 0.3) is 0 Å². The molecule has 4 rings (SSSR count). The average Bonchev–Trinajstić information content (AvgIpc) is 3.60. The van der Waals surface area contributed by atoms with E-state index in [9.17, 15) is 14.0 Å². The van der Waals surface area contributed by atoms with E-state index in [4.69, 9.17) is 4.74 Å². The van der Waals surface area contributed by atoms with Gasteiger partial charge >= 0.3 is 0 Å². The Labute approximate surface area is 176 Å². The molecule has 2 aliphatic rings. The Kier molecular flexibility index (Phi) is 5.75. The van der Waals surface area contributed by atoms with Gasteiger partial charge in [-0.15, -0.1) is 0 Å². The predicted molar refractivity (Wildman–Crippen MR) is 113 cm³/mol. The number of rotatable bonds is 5. The normalized spacial score (nSPS) is 21.2. The Morgan fingerprint density at radius 3 is 2.53 bits per heavy atom. The number of hydrogen-bond acceptors (Lipinski definition) is 3. The number of ether oxygens (including phenoxy) is 1. The van der Waals surface area contributed by atoms with Crippen molar-refractivity contribution in [3.63, 3.8) is 0 Å². The summed E-state index contributed by atoms with van der Waals surface area (Å²) in [5, 5.41) is 2.96. The second-order valence-electron chi connectivity index (χ2n) is 8.28. The molecule has 2 fully saturated rings. The zero-order valence-corrected chi connectivity index (χ0v) is 17.4. The van der Waals surface area contributed by atoms with E-state index in [1.54, 1.807) is 26.2 Å². The van der Waals surface area contributed by atoms with Crippen LogP contribution in [0, 0.1) is 24.6 Å². The third-order valence-electron chi connectivity index (χ3n) is 6.07. The first-order chi connectivity index (χ1) is 14.5. The molecule has 2 unspecified atom stereocenters. The van der Waals surface area contributed by atoms with Crippen molar-refractivity contribution in [1.29, 1.82) is 0 Å². The summed E-state index contributed by atoms with van der Waals surface area (Å²) in [6.45, 7) is 2.12. The van der Waals surface area contributed by atoms with E-state index in [0.717, 1.165) is 18.4 Å². The van der Waals surface area contributed by atoms with Gasteiger partial charge in [-0.25, -0.2) is 4.39 Å². The van der Waals surface area contributed by atoms with Gasteiger partial charge in [-0.05, 0) is 61.9 Å². The van der Waals surface area contributed by atoms with E-state index in [1.165, 1.54) is 6.07 Å². The van der Waals surface area contributed by atoms with Crippen LogP contribution in [-0.2, 0) is 9.59 Å². The summed E-state index contributed by atoms with van der Waals surface area (Å²) in [4.78, 5) is 27.8. The Hall–Kier alpha value is -2.89. The molecule has 2 atom stereocenters. The molecular weight excluding hydrogens is 383 g/mol. The maximum Gasteiger partial charge on any atom is 0.229 e. The van der Waals surface area contributed by atoms with E-state index < -0.39 is 0 Å². The summed E-state index contributed by atoms with van der Waals surface area (Å²) in [6.07, 6.45) is 3.17. The highest BCUT2D eigenvalue weighted by molar-refractivity contribution is 5.93. The Morgan fingerprint density at radius 2 is 1.83 bits per heavy atom. The van der Waals surface area contributed by atoms with Crippen LogP contribution in [0.5, 0.6) is 5.75 Å². The lowest BCUT2D eigenvalue weighted by Crippen LogP contribution is -2.46. The van der Waals surface area contributed by atoms with Gasteiger partial charge in [0.2, 0.25) is 11.8 Å². The molecular formula is C24H27FN2O3. The highest BCUT2D eigenvalue weighted by Gasteiger charge is 2.41. The van der Waals surface area contributed by atoms with Gasteiger partial charge in [0, 0.05) is 24.2 Å². The number of hydrogen-bond donors (Lipinski definition) is 1. The van der Waals surface area contributed by atoms with Gasteiger partial charge in [-0.3, -0.25) is 9.59 Å². The average molecular weight is 410 g/mol. The van der Waals surface area contributed by atoms with Crippen molar-refractivity contribution in [2.24, 2.45) is 11.8 Å². The summed E-state index contributed by atoms with van der Waals surface area (Å²) < 4.78 is 19.0. The fourth-order valence-electron chi connectivity index (χ4n) is 4.16. The third-order valence-corrected chi connectivity index (χ3v) is 6.07. The van der Waals surface area contributed by atoms with Crippen LogP contribution in [-0.4, -0.2) is 30.4 Å². The van der Waals surface area contributed by atoms with Crippen molar-refractivity contribution < 1.29 is 18.7 Å². The largest absolute Gasteiger partial charge is 0.497 e. The number of benzene rings is 2. The zero-order valence-electron chi connectivity index (χ0n) is 17.4. The molecule has 1 aliphatic heterocycles. The van der Waals surface area contributed by atoms with E-state index >= 15 is 0 Å². The van der Waals surface area contributed by atoms with Crippen molar-refractivity contribution in [2.45, 2.75) is 38.6 Å². The third kappa shape index (κ3) is 4.32. The lowest BCUT2D eigenvalue weighted by atomic mass is 9.87. The Balaban J connectivity index is 1.51. The van der Waals surface area contributed by atoms with E-state index in [1.807, 2.05) is 29.2 Å². The molecule has 1 saturated heterocycles. The summed E-state index contributed by atoms with van der Waals surface area (Å²) in [5.74, 6) is 0.233. The lowest BCUT2D eigenvalue weighted by molar-refractivity contribution is -0.139. The fraction of sp³-hybridized carbons (Fsp3) is 0.417. The number of carbonyl (C=O) groups excluding carboxylic acids is 2. The van der Waals surface area contributed by atoms with Crippen LogP contribution in [0.3, 0.4) is 0 Å². The maximum atomic E-state index is 13.7. The molecule has 6 heteroatoms. The van der Waals surface area contributed by atoms with Crippen LogP contribution >= 0.6 is 0 Å². The van der Waals surface area contributed by atoms with Gasteiger partial charge in [0.05, 0.1) is 19.1 Å². The van der Waals surface area contributed by atoms with Crippen molar-refractivity contribution in [1.82, 2.24) is 4.90 Å². The highest BCUT2D eigenvalue weighted by Crippen LogP contribution is 2.40. The van der Waals surface area contributed by atoms with Gasteiger partial charge in [-0.2, -0.15) is 0 Å². The standard InChI is InChI=1S/C24H27FN2O3/c1-15-12-17(8-10-21(15)25)22-11-9-18(14-27(22)24(29)16-6-7-16)23(28)26-19-4-3-5-20(13-19)30-2/h3-5,8,10,12-13,16,18,22H,6-7,9,11,14H2,1-2H3,(H,26,28). The van der Waals surface area contributed by atoms with Crippen molar-refractivity contribution in [3.8, 4) is 5.75 Å². The first-order valence-corrected chi connectivity index (χ1v) is 10.5. The quantitative estimate of drug-likeness (QED) is 0.791. The number of carbonyl (C=O) groups is 2. The smallest absolute Gasteiger partial charge is 0.229 e. The van der Waals surface area contributed by atoms with Gasteiger partial charge in [0.1, 0.15) is 11.6 Å². The summed E-state index contributed by atoms with van der Waals surface area (Å²) >= 11 is 0. The molecule has 1 N–H and O–H groups in total. The second-order valence-corrected chi connectivity index (χ2v) is 8.28. The number of halogens is 1. The van der Waals surface area contributed by atoms with Crippen molar-refractivity contribution >= 4 is 17.5 Å². The second kappa shape index (κ2) is 8.46. The van der Waals surface area contributed by atoms with Gasteiger partial charge in [0.15, 0.2) is 0 Å². The summed E-state index contributed by atoms with van der Waals surface area (Å²) in [6, 6.07) is 12.2. The fourth-order valence-corrected chi connectivity index (χ4v) is 4.16. The number of anilines is 1. The minimum absolute atomic E-state index is 0.0641. The number of nitrogens with one attached hydrogen (secondary N) is 1. The summed E-state index contributed by atoms with van der Waals surface area (Å²) in [5.41, 5.74) is 2.19. The van der Waals surface area contributed by atoms with Gasteiger partial charge in [0.25, 0.3) is 0 Å². The minimum atomic E-state index is -0.281. The zero-order chi connectivity index (χ0) is 21.3. The van der Waals surface area contributed by atoms with E-state index in [0.29, 0.717) is 36.4 Å². The first-order valence-electron chi connectivity index (χ1n) is 10.5. The number of aryl methyl sites for hydroxylation is 1. The van der Waals surface area contributed by atoms with Gasteiger partial charge < -0.3 is 15.0 Å². The monoisotopic (exact) mass is 410 g/mol. The van der Waals surface area contributed by atoms with Crippen molar-refractivity contribution in [2.75, 3.05) is 19.0 Å². The van der Waals surface area contributed by atoms with E-state index in [2.05, 4.69) is 5.32 Å². The molecule has 0 aromatic heterocycles. The Morgan fingerprint density at radius 1 is 1.07 bits per heavy atom. The molecule has 1 heterocycles. The molecule has 30 heavy (non-hydrogen) atoms. The maximum absolute atomic E-state index is 13.7. The first kappa shape index (κ1) is 20.4. The van der Waals surface area contributed by atoms with Crippen LogP contribution in [0.15, 0.2) is 42.5 Å². The molecule has 2 aromatic rings. The number of nitrogens with zero attached hydrogens (tertiary/aromatic N) is 1. The lowest BCUT2D eigenvalue weighted by Gasteiger charge is -2.40. The highest BCUT2D eigenvalue weighted by atomic mass is 19.1. The molecule has 0 bridgehead atoms. The molecule has 0 spiro atoms. The molecule has 0 radical (unpaired) electrons. The topological polar surface area (TPSA) is 58.6 Å². The van der Waals surface area contributed by atoms with Crippen molar-refractivity contribution in [3.05, 3.63) is 59.4 Å². The molecule has 1 saturated carbocycles.